The van der Waals surface area contributed by atoms with Crippen LogP contribution in [0.1, 0.15) is 36.3 Å². The normalized spacial score (nSPS) is 18.6. The second-order valence-corrected chi connectivity index (χ2v) is 6.96. The Kier molecular flexibility index (Phi) is 3.04. The first-order chi connectivity index (χ1) is 11.7. The Morgan fingerprint density at radius 1 is 1.12 bits per heavy atom. The van der Waals surface area contributed by atoms with E-state index >= 15 is 0 Å². The number of hydrogen-bond donors (Lipinski definition) is 0. The SMILES string of the molecule is Fc1ccc(-c2c3c(cc4cccnc24)C2=CCCCC23)c(Cl)c1. The Balaban J connectivity index is 1.89. The first-order valence-electron chi connectivity index (χ1n) is 8.31. The molecule has 1 atom stereocenters. The van der Waals surface area contributed by atoms with Crippen LogP contribution in [0, 0.1) is 5.82 Å². The third-order valence-electron chi connectivity index (χ3n) is 5.23. The van der Waals surface area contributed by atoms with E-state index in [1.807, 2.05) is 12.3 Å². The second-order valence-electron chi connectivity index (χ2n) is 6.56. The molecule has 0 saturated carbocycles. The van der Waals surface area contributed by atoms with Crippen LogP contribution in [0.2, 0.25) is 5.02 Å². The van der Waals surface area contributed by atoms with Crippen molar-refractivity contribution in [2.45, 2.75) is 25.2 Å². The van der Waals surface area contributed by atoms with E-state index in [9.17, 15) is 4.39 Å². The maximum Gasteiger partial charge on any atom is 0.124 e. The molecule has 2 aromatic carbocycles. The molecule has 118 valence electrons. The molecule has 1 nitrogen and oxygen atoms in total. The van der Waals surface area contributed by atoms with Gasteiger partial charge in [0, 0.05) is 28.6 Å². The number of benzene rings is 2. The molecule has 0 amide bonds. The van der Waals surface area contributed by atoms with E-state index in [-0.39, 0.29) is 5.82 Å². The van der Waals surface area contributed by atoms with Crippen LogP contribution in [0.25, 0.3) is 27.6 Å². The van der Waals surface area contributed by atoms with E-state index in [2.05, 4.69) is 23.2 Å². The molecule has 2 aliphatic rings. The Labute approximate surface area is 144 Å². The number of halogens is 2. The van der Waals surface area contributed by atoms with Crippen molar-refractivity contribution in [2.75, 3.05) is 0 Å². The van der Waals surface area contributed by atoms with Gasteiger partial charge < -0.3 is 0 Å². The molecule has 24 heavy (non-hydrogen) atoms. The average Bonchev–Trinajstić information content (AvgIpc) is 2.59. The number of allylic oxidation sites excluding steroid dienone is 2. The minimum absolute atomic E-state index is 0.311. The molecule has 5 rings (SSSR count). The van der Waals surface area contributed by atoms with Gasteiger partial charge in [0.25, 0.3) is 0 Å². The monoisotopic (exact) mass is 335 g/mol. The van der Waals surface area contributed by atoms with Gasteiger partial charge in [0.2, 0.25) is 0 Å². The van der Waals surface area contributed by atoms with Gasteiger partial charge in [-0.3, -0.25) is 4.98 Å². The van der Waals surface area contributed by atoms with Crippen molar-refractivity contribution in [1.29, 1.82) is 0 Å². The van der Waals surface area contributed by atoms with Crippen molar-refractivity contribution in [3.63, 3.8) is 0 Å². The van der Waals surface area contributed by atoms with Crippen molar-refractivity contribution < 1.29 is 4.39 Å². The number of aromatic nitrogens is 1. The maximum atomic E-state index is 13.5. The van der Waals surface area contributed by atoms with E-state index in [1.54, 1.807) is 6.07 Å². The van der Waals surface area contributed by atoms with Crippen molar-refractivity contribution in [2.24, 2.45) is 0 Å². The van der Waals surface area contributed by atoms with Crippen LogP contribution in [0.4, 0.5) is 4.39 Å². The van der Waals surface area contributed by atoms with Crippen LogP contribution < -0.4 is 0 Å². The molecule has 0 radical (unpaired) electrons. The van der Waals surface area contributed by atoms with Gasteiger partial charge in [-0.15, -0.1) is 0 Å². The third kappa shape index (κ3) is 1.90. The molecule has 0 aliphatic heterocycles. The Morgan fingerprint density at radius 2 is 2.04 bits per heavy atom. The molecule has 3 heteroatoms. The molecule has 1 heterocycles. The van der Waals surface area contributed by atoms with Crippen molar-refractivity contribution in [1.82, 2.24) is 4.98 Å². The summed E-state index contributed by atoms with van der Waals surface area (Å²) in [5, 5.41) is 1.56. The smallest absolute Gasteiger partial charge is 0.124 e. The number of rotatable bonds is 1. The van der Waals surface area contributed by atoms with E-state index in [0.717, 1.165) is 28.5 Å². The van der Waals surface area contributed by atoms with E-state index in [4.69, 9.17) is 11.6 Å². The molecule has 2 aliphatic carbocycles. The highest BCUT2D eigenvalue weighted by Gasteiger charge is 2.37. The zero-order chi connectivity index (χ0) is 16.3. The van der Waals surface area contributed by atoms with Crippen LogP contribution in [0.3, 0.4) is 0 Å². The Morgan fingerprint density at radius 3 is 2.92 bits per heavy atom. The molecular formula is C21H15ClFN. The third-order valence-corrected chi connectivity index (χ3v) is 5.54. The summed E-state index contributed by atoms with van der Waals surface area (Å²) in [6.45, 7) is 0. The standard InChI is InChI=1S/C21H15ClFN/c22-18-11-13(23)7-8-16(18)20-19-15-6-2-1-5-14(15)17(19)10-12-4-3-9-24-21(12)20/h3-5,7-11,15H,1-2,6H2. The summed E-state index contributed by atoms with van der Waals surface area (Å²) in [6, 6.07) is 10.9. The first kappa shape index (κ1) is 14.2. The molecule has 0 spiro atoms. The van der Waals surface area contributed by atoms with Gasteiger partial charge in [-0.25, -0.2) is 4.39 Å². The molecule has 0 fully saturated rings. The van der Waals surface area contributed by atoms with Crippen LogP contribution in [0.5, 0.6) is 0 Å². The minimum atomic E-state index is -0.311. The highest BCUT2D eigenvalue weighted by atomic mass is 35.5. The van der Waals surface area contributed by atoms with Gasteiger partial charge in [0.05, 0.1) is 10.5 Å². The minimum Gasteiger partial charge on any atom is -0.256 e. The lowest BCUT2D eigenvalue weighted by Crippen LogP contribution is -2.20. The predicted octanol–water partition coefficient (Wildman–Crippen LogP) is 6.36. The highest BCUT2D eigenvalue weighted by Crippen LogP contribution is 2.56. The quantitative estimate of drug-likeness (QED) is 0.504. The summed E-state index contributed by atoms with van der Waals surface area (Å²) in [4.78, 5) is 4.62. The first-order valence-corrected chi connectivity index (χ1v) is 8.69. The van der Waals surface area contributed by atoms with Crippen LogP contribution in [-0.4, -0.2) is 4.98 Å². The van der Waals surface area contributed by atoms with Gasteiger partial charge in [-0.05, 0) is 66.3 Å². The number of nitrogens with zero attached hydrogens (tertiary/aromatic N) is 1. The fourth-order valence-electron chi connectivity index (χ4n) is 4.20. The highest BCUT2D eigenvalue weighted by molar-refractivity contribution is 6.34. The van der Waals surface area contributed by atoms with Crippen molar-refractivity contribution >= 4 is 28.1 Å². The number of fused-ring (bicyclic) bond motifs is 5. The van der Waals surface area contributed by atoms with E-state index < -0.39 is 0 Å². The Hall–Kier alpha value is -2.19. The molecule has 0 saturated heterocycles. The predicted molar refractivity (Wildman–Crippen MR) is 96.7 cm³/mol. The largest absolute Gasteiger partial charge is 0.256 e. The Bertz CT molecular complexity index is 1020. The topological polar surface area (TPSA) is 12.9 Å². The molecule has 1 aromatic heterocycles. The summed E-state index contributed by atoms with van der Waals surface area (Å²) < 4.78 is 13.5. The van der Waals surface area contributed by atoms with Crippen molar-refractivity contribution in [3.8, 4) is 11.1 Å². The average molecular weight is 336 g/mol. The van der Waals surface area contributed by atoms with Gasteiger partial charge in [0.15, 0.2) is 0 Å². The summed E-state index contributed by atoms with van der Waals surface area (Å²) in [7, 11) is 0. The second kappa shape index (κ2) is 5.15. The molecule has 1 unspecified atom stereocenters. The van der Waals surface area contributed by atoms with E-state index in [0.29, 0.717) is 10.9 Å². The summed E-state index contributed by atoms with van der Waals surface area (Å²) in [5.74, 6) is 0.158. The van der Waals surface area contributed by atoms with Gasteiger partial charge >= 0.3 is 0 Å². The fourth-order valence-corrected chi connectivity index (χ4v) is 4.46. The fraction of sp³-hybridized carbons (Fsp3) is 0.190. The zero-order valence-electron chi connectivity index (χ0n) is 13.0. The van der Waals surface area contributed by atoms with Gasteiger partial charge in [-0.1, -0.05) is 23.7 Å². The maximum absolute atomic E-state index is 13.5. The number of hydrogen-bond acceptors (Lipinski definition) is 1. The number of pyridine rings is 1. The molecular weight excluding hydrogens is 321 g/mol. The zero-order valence-corrected chi connectivity index (χ0v) is 13.8. The van der Waals surface area contributed by atoms with Crippen LogP contribution in [-0.2, 0) is 0 Å². The summed E-state index contributed by atoms with van der Waals surface area (Å²) in [5.41, 5.74) is 7.02. The van der Waals surface area contributed by atoms with Crippen LogP contribution >= 0.6 is 11.6 Å². The van der Waals surface area contributed by atoms with E-state index in [1.165, 1.54) is 41.7 Å². The van der Waals surface area contributed by atoms with Gasteiger partial charge in [-0.2, -0.15) is 0 Å². The molecule has 3 aromatic rings. The summed E-state index contributed by atoms with van der Waals surface area (Å²) >= 11 is 6.41. The van der Waals surface area contributed by atoms with Crippen LogP contribution in [0.15, 0.2) is 48.7 Å². The van der Waals surface area contributed by atoms with Gasteiger partial charge in [0.1, 0.15) is 5.82 Å². The molecule has 0 bridgehead atoms. The lowest BCUT2D eigenvalue weighted by atomic mass is 9.65. The molecule has 0 N–H and O–H groups in total. The lowest BCUT2D eigenvalue weighted by Gasteiger charge is -2.39. The summed E-state index contributed by atoms with van der Waals surface area (Å²) in [6.07, 6.45) is 7.72. The van der Waals surface area contributed by atoms with Crippen molar-refractivity contribution in [3.05, 3.63) is 70.6 Å². The lowest BCUT2D eigenvalue weighted by molar-refractivity contribution is 0.628.